The Hall–Kier alpha value is -1.31. The molecular formula is C21H18Cl4N2O3. The summed E-state index contributed by atoms with van der Waals surface area (Å²) < 4.78 is 20.4. The van der Waals surface area contributed by atoms with Crippen molar-refractivity contribution >= 4 is 46.4 Å². The first-order valence-electron chi connectivity index (χ1n) is 9.12. The van der Waals surface area contributed by atoms with Gasteiger partial charge in [-0.3, -0.25) is 0 Å². The van der Waals surface area contributed by atoms with Crippen molar-refractivity contribution in [1.29, 1.82) is 0 Å². The molecule has 3 aromatic rings. The predicted molar refractivity (Wildman–Crippen MR) is 117 cm³/mol. The zero-order chi connectivity index (χ0) is 21.3. The number of aromatic nitrogens is 2. The molecule has 1 aliphatic heterocycles. The van der Waals surface area contributed by atoms with Gasteiger partial charge in [0, 0.05) is 45.7 Å². The van der Waals surface area contributed by atoms with Crippen molar-refractivity contribution in [3.8, 4) is 0 Å². The second-order valence-corrected chi connectivity index (χ2v) is 8.59. The molecule has 0 radical (unpaired) electrons. The molecule has 1 saturated heterocycles. The molecule has 5 nitrogen and oxygen atoms in total. The van der Waals surface area contributed by atoms with Crippen LogP contribution in [0.3, 0.4) is 0 Å². The third-order valence-electron chi connectivity index (χ3n) is 4.97. The smallest absolute Gasteiger partial charge is 0.215 e. The van der Waals surface area contributed by atoms with Crippen LogP contribution in [-0.4, -0.2) is 29.4 Å². The molecule has 2 aromatic carbocycles. The Morgan fingerprint density at radius 1 is 1.13 bits per heavy atom. The zero-order valence-electron chi connectivity index (χ0n) is 15.9. The van der Waals surface area contributed by atoms with Crippen molar-refractivity contribution in [1.82, 2.24) is 9.55 Å². The average molecular weight is 488 g/mol. The van der Waals surface area contributed by atoms with E-state index in [0.29, 0.717) is 32.2 Å². The van der Waals surface area contributed by atoms with Crippen LogP contribution in [0, 0.1) is 0 Å². The number of nitrogens with zero attached hydrogens (tertiary/aromatic N) is 2. The minimum absolute atomic E-state index is 0.269. The second-order valence-electron chi connectivity index (χ2n) is 6.90. The minimum Gasteiger partial charge on any atom is -0.374 e. The van der Waals surface area contributed by atoms with Crippen LogP contribution in [0.5, 0.6) is 0 Å². The molecular weight excluding hydrogens is 470 g/mol. The summed E-state index contributed by atoms with van der Waals surface area (Å²) in [5, 5.41) is 2.01. The minimum atomic E-state index is -1.15. The fourth-order valence-corrected chi connectivity index (χ4v) is 4.69. The number of rotatable bonds is 6. The number of benzene rings is 2. The van der Waals surface area contributed by atoms with Gasteiger partial charge in [0.15, 0.2) is 0 Å². The van der Waals surface area contributed by atoms with E-state index >= 15 is 0 Å². The molecule has 4 rings (SSSR count). The zero-order valence-corrected chi connectivity index (χ0v) is 18.9. The summed E-state index contributed by atoms with van der Waals surface area (Å²) in [4.78, 5) is 4.11. The maximum absolute atomic E-state index is 6.52. The molecule has 0 N–H and O–H groups in total. The molecule has 1 unspecified atom stereocenters. The molecule has 0 spiro atoms. The molecule has 9 heteroatoms. The summed E-state index contributed by atoms with van der Waals surface area (Å²) in [6.07, 6.45) is 4.30. The van der Waals surface area contributed by atoms with E-state index in [1.54, 1.807) is 50.0 Å². The molecule has 1 aromatic heterocycles. The number of methoxy groups -OCH3 is 1. The number of hydrogen-bond donors (Lipinski definition) is 0. The number of halogens is 4. The quantitative estimate of drug-likeness (QED) is 0.418. The Balaban J connectivity index is 1.70. The summed E-state index contributed by atoms with van der Waals surface area (Å²) in [5.74, 6) is -1.15. The van der Waals surface area contributed by atoms with Gasteiger partial charge in [0.1, 0.15) is 12.2 Å². The van der Waals surface area contributed by atoms with Crippen LogP contribution >= 0.6 is 46.4 Å². The van der Waals surface area contributed by atoms with Gasteiger partial charge < -0.3 is 18.8 Å². The molecule has 3 atom stereocenters. The SMILES string of the molecule is COC(c1ccc(Cl)cc1Cl)[C@H]1CO[C@@](Cn2ccnc2)(c2ccc(Cl)cc2Cl)O1. The van der Waals surface area contributed by atoms with Crippen LogP contribution in [0.1, 0.15) is 17.2 Å². The number of ether oxygens (including phenoxy) is 3. The molecule has 0 aliphatic carbocycles. The van der Waals surface area contributed by atoms with Crippen LogP contribution in [0.15, 0.2) is 55.1 Å². The molecule has 158 valence electrons. The van der Waals surface area contributed by atoms with Gasteiger partial charge >= 0.3 is 0 Å². The van der Waals surface area contributed by atoms with Crippen molar-refractivity contribution < 1.29 is 14.2 Å². The highest BCUT2D eigenvalue weighted by Crippen LogP contribution is 2.44. The number of imidazole rings is 1. The fourth-order valence-electron chi connectivity index (χ4n) is 3.62. The van der Waals surface area contributed by atoms with E-state index in [4.69, 9.17) is 60.6 Å². The Bertz CT molecular complexity index is 1030. The normalized spacial score (nSPS) is 22.4. The lowest BCUT2D eigenvalue weighted by Gasteiger charge is -2.31. The van der Waals surface area contributed by atoms with Crippen molar-refractivity contribution in [3.05, 3.63) is 86.3 Å². The maximum Gasteiger partial charge on any atom is 0.215 e. The van der Waals surface area contributed by atoms with Crippen LogP contribution in [0.25, 0.3) is 0 Å². The van der Waals surface area contributed by atoms with Gasteiger partial charge in [-0.2, -0.15) is 0 Å². The summed E-state index contributed by atoms with van der Waals surface area (Å²) >= 11 is 25.1. The lowest BCUT2D eigenvalue weighted by atomic mass is 10.0. The predicted octanol–water partition coefficient (Wildman–Crippen LogP) is 6.15. The van der Waals surface area contributed by atoms with Crippen LogP contribution in [-0.2, 0) is 26.5 Å². The standard InChI is InChI=1S/C21H18Cl4N2O3/c1-28-20(15-4-2-13(22)8-17(15)24)19-10-29-21(30-19,11-27-7-6-26-12-27)16-5-3-14(23)9-18(16)25/h2-9,12,19-20H,10-11H2,1H3/t19-,20?,21-/m1/s1. The Kier molecular flexibility index (Phi) is 6.61. The van der Waals surface area contributed by atoms with Crippen molar-refractivity contribution in [2.75, 3.05) is 13.7 Å². The summed E-state index contributed by atoms with van der Waals surface area (Å²) in [7, 11) is 1.60. The molecule has 0 amide bonds. The van der Waals surface area contributed by atoms with E-state index in [2.05, 4.69) is 4.98 Å². The lowest BCUT2D eigenvalue weighted by molar-refractivity contribution is -0.198. The average Bonchev–Trinajstić information content (AvgIpc) is 3.35. The largest absolute Gasteiger partial charge is 0.374 e. The number of hydrogen-bond acceptors (Lipinski definition) is 4. The van der Waals surface area contributed by atoms with E-state index in [1.807, 2.05) is 16.8 Å². The van der Waals surface area contributed by atoms with Gasteiger partial charge in [0.25, 0.3) is 0 Å². The summed E-state index contributed by atoms with van der Waals surface area (Å²) in [6.45, 7) is 0.612. The van der Waals surface area contributed by atoms with E-state index < -0.39 is 18.0 Å². The van der Waals surface area contributed by atoms with Crippen LogP contribution in [0.2, 0.25) is 20.1 Å². The Morgan fingerprint density at radius 3 is 2.50 bits per heavy atom. The molecule has 0 saturated carbocycles. The first-order valence-corrected chi connectivity index (χ1v) is 10.6. The van der Waals surface area contributed by atoms with Gasteiger partial charge in [0.2, 0.25) is 5.79 Å². The van der Waals surface area contributed by atoms with Gasteiger partial charge in [0.05, 0.1) is 24.5 Å². The highest BCUT2D eigenvalue weighted by Gasteiger charge is 2.48. The van der Waals surface area contributed by atoms with Gasteiger partial charge in [-0.25, -0.2) is 4.98 Å². The molecule has 30 heavy (non-hydrogen) atoms. The summed E-state index contributed by atoms with van der Waals surface area (Å²) in [5.41, 5.74) is 1.43. The van der Waals surface area contributed by atoms with Crippen molar-refractivity contribution in [2.24, 2.45) is 0 Å². The van der Waals surface area contributed by atoms with Crippen molar-refractivity contribution in [2.45, 2.75) is 24.5 Å². The van der Waals surface area contributed by atoms with E-state index in [9.17, 15) is 0 Å². The fraction of sp³-hybridized carbons (Fsp3) is 0.286. The molecule has 2 heterocycles. The second kappa shape index (κ2) is 9.05. The molecule has 1 fully saturated rings. The Morgan fingerprint density at radius 2 is 1.87 bits per heavy atom. The van der Waals surface area contributed by atoms with Crippen molar-refractivity contribution in [3.63, 3.8) is 0 Å². The first-order chi connectivity index (χ1) is 14.4. The molecule has 1 aliphatic rings. The maximum atomic E-state index is 6.52. The molecule has 0 bridgehead atoms. The highest BCUT2D eigenvalue weighted by molar-refractivity contribution is 6.35. The van der Waals surface area contributed by atoms with Crippen LogP contribution in [0.4, 0.5) is 0 Å². The lowest BCUT2D eigenvalue weighted by Crippen LogP contribution is -2.35. The van der Waals surface area contributed by atoms with E-state index in [0.717, 1.165) is 5.56 Å². The van der Waals surface area contributed by atoms with Crippen LogP contribution < -0.4 is 0 Å². The highest BCUT2D eigenvalue weighted by atomic mass is 35.5. The first kappa shape index (κ1) is 21.9. The third-order valence-corrected chi connectivity index (χ3v) is 6.08. The topological polar surface area (TPSA) is 45.5 Å². The Labute approximate surface area is 194 Å². The van der Waals surface area contributed by atoms with Gasteiger partial charge in [-0.1, -0.05) is 58.5 Å². The van der Waals surface area contributed by atoms with Gasteiger partial charge in [-0.05, 0) is 24.3 Å². The van der Waals surface area contributed by atoms with Gasteiger partial charge in [-0.15, -0.1) is 0 Å². The monoisotopic (exact) mass is 486 g/mol. The summed E-state index contributed by atoms with van der Waals surface area (Å²) in [6, 6.07) is 10.5. The van der Waals surface area contributed by atoms with E-state index in [-0.39, 0.29) is 6.61 Å². The third kappa shape index (κ3) is 4.34. The van der Waals surface area contributed by atoms with E-state index in [1.165, 1.54) is 0 Å².